The number of hydrogen-bond donors (Lipinski definition) is 2. The summed E-state index contributed by atoms with van der Waals surface area (Å²) in [6.07, 6.45) is 3.74. The lowest BCUT2D eigenvalue weighted by Gasteiger charge is -2.12. The molecule has 0 amide bonds. The molecule has 0 aromatic rings. The van der Waals surface area contributed by atoms with Crippen LogP contribution in [0.2, 0.25) is 0 Å². The maximum atomic E-state index is 11.8. The van der Waals surface area contributed by atoms with Gasteiger partial charge in [0.05, 0.1) is 6.61 Å². The van der Waals surface area contributed by atoms with E-state index in [0.717, 1.165) is 25.7 Å². The summed E-state index contributed by atoms with van der Waals surface area (Å²) in [5.41, 5.74) is 5.65. The highest BCUT2D eigenvalue weighted by atomic mass is 32.2. The minimum Gasteiger partial charge on any atom is -0.465 e. The third-order valence-corrected chi connectivity index (χ3v) is 4.47. The molecule has 0 heterocycles. The molecule has 0 aromatic carbocycles. The summed E-state index contributed by atoms with van der Waals surface area (Å²) in [5, 5.41) is 0. The van der Waals surface area contributed by atoms with E-state index in [1.54, 1.807) is 0 Å². The highest BCUT2D eigenvalue weighted by molar-refractivity contribution is 7.92. The second kappa shape index (κ2) is 9.33. The Morgan fingerprint density at radius 1 is 1.28 bits per heavy atom. The zero-order chi connectivity index (χ0) is 14.0. The molecule has 6 heteroatoms. The van der Waals surface area contributed by atoms with E-state index in [2.05, 4.69) is 0 Å². The van der Waals surface area contributed by atoms with Gasteiger partial charge in [-0.05, 0) is 19.3 Å². The lowest BCUT2D eigenvalue weighted by molar-refractivity contribution is -0.145. The molecular weight excluding hydrogens is 252 g/mol. The van der Waals surface area contributed by atoms with Crippen LogP contribution in [-0.2, 0) is 19.3 Å². The number of carbonyl (C=O) groups is 1. The lowest BCUT2D eigenvalue weighted by atomic mass is 10.2. The Bertz CT molecular complexity index is 328. The van der Waals surface area contributed by atoms with Gasteiger partial charge in [-0.2, -0.15) is 0 Å². The Balaban J connectivity index is 3.94. The molecule has 0 fully saturated rings. The highest BCUT2D eigenvalue weighted by Crippen LogP contribution is 2.03. The summed E-state index contributed by atoms with van der Waals surface area (Å²) in [6.45, 7) is 4.39. The first-order valence-electron chi connectivity index (χ1n) is 6.59. The quantitative estimate of drug-likeness (QED) is 0.471. The fraction of sp³-hybridized carbons (Fsp3) is 0.917. The van der Waals surface area contributed by atoms with Gasteiger partial charge in [0.25, 0.3) is 0 Å². The van der Waals surface area contributed by atoms with Gasteiger partial charge in [-0.15, -0.1) is 0 Å². The van der Waals surface area contributed by atoms with Gasteiger partial charge in [-0.1, -0.05) is 26.7 Å². The molecule has 3 N–H and O–H groups in total. The average molecular weight is 278 g/mol. The van der Waals surface area contributed by atoms with Crippen LogP contribution >= 0.6 is 0 Å². The van der Waals surface area contributed by atoms with Crippen LogP contribution in [0.4, 0.5) is 0 Å². The largest absolute Gasteiger partial charge is 0.465 e. The summed E-state index contributed by atoms with van der Waals surface area (Å²) < 4.78 is 24.4. The van der Waals surface area contributed by atoms with Gasteiger partial charge in [0.15, 0.2) is 0 Å². The topological polar surface area (TPSA) is 93.2 Å². The Morgan fingerprint density at radius 2 is 1.89 bits per heavy atom. The summed E-state index contributed by atoms with van der Waals surface area (Å²) in [4.78, 5) is 11.4. The molecule has 0 aliphatic rings. The third-order valence-electron chi connectivity index (χ3n) is 2.63. The molecule has 5 nitrogen and oxygen atoms in total. The predicted octanol–water partition coefficient (Wildman–Crippen LogP) is 1.89. The van der Waals surface area contributed by atoms with Crippen molar-refractivity contribution in [3.8, 4) is 0 Å². The van der Waals surface area contributed by atoms with Crippen molar-refractivity contribution in [2.24, 2.45) is 5.73 Å². The molecule has 0 spiro atoms. The second-order valence-corrected chi connectivity index (χ2v) is 6.93. The molecular formula is C12H26N2O3S. The number of nitrogens with two attached hydrogens (primary N) is 1. The van der Waals surface area contributed by atoms with Gasteiger partial charge in [-0.3, -0.25) is 9.57 Å². The molecule has 2 unspecified atom stereocenters. The average Bonchev–Trinajstić information content (AvgIpc) is 2.34. The molecule has 0 aliphatic heterocycles. The van der Waals surface area contributed by atoms with Gasteiger partial charge >= 0.3 is 5.97 Å². The van der Waals surface area contributed by atoms with Crippen molar-refractivity contribution in [1.29, 1.82) is 4.78 Å². The molecule has 108 valence electrons. The van der Waals surface area contributed by atoms with Gasteiger partial charge in [0, 0.05) is 21.2 Å². The van der Waals surface area contributed by atoms with Crippen molar-refractivity contribution in [3.63, 3.8) is 0 Å². The molecule has 18 heavy (non-hydrogen) atoms. The minimum absolute atomic E-state index is 0.178. The van der Waals surface area contributed by atoms with Crippen LogP contribution < -0.4 is 5.73 Å². The Kier molecular flexibility index (Phi) is 9.01. The van der Waals surface area contributed by atoms with Crippen LogP contribution in [0.3, 0.4) is 0 Å². The number of unbranched alkanes of at least 4 members (excludes halogenated alkanes) is 2. The zero-order valence-corrected chi connectivity index (χ0v) is 12.3. The van der Waals surface area contributed by atoms with Crippen LogP contribution in [0.25, 0.3) is 0 Å². The maximum absolute atomic E-state index is 11.8. The number of ether oxygens (including phenoxy) is 1. The summed E-state index contributed by atoms with van der Waals surface area (Å²) in [7, 11) is -2.59. The van der Waals surface area contributed by atoms with E-state index in [4.69, 9.17) is 15.3 Å². The standard InChI is InChI=1S/C12H26N2O3S/c1-3-5-8-17-12(15)11(13)7-10-18(14,16)9-6-4-2/h11,14H,3-10,13H2,1-2H3. The van der Waals surface area contributed by atoms with Gasteiger partial charge < -0.3 is 10.5 Å². The van der Waals surface area contributed by atoms with Crippen molar-refractivity contribution in [3.05, 3.63) is 0 Å². The molecule has 0 aromatic heterocycles. The SMILES string of the molecule is CCCCOC(=O)C(N)CCS(=N)(=O)CCCC. The van der Waals surface area contributed by atoms with Crippen LogP contribution in [0, 0.1) is 4.78 Å². The fourth-order valence-corrected chi connectivity index (χ4v) is 2.93. The highest BCUT2D eigenvalue weighted by Gasteiger charge is 2.17. The van der Waals surface area contributed by atoms with Crippen LogP contribution in [0.1, 0.15) is 46.0 Å². The Labute approximate surface area is 110 Å². The molecule has 0 rings (SSSR count). The summed E-state index contributed by atoms with van der Waals surface area (Å²) in [5.74, 6) is 0.118. The monoisotopic (exact) mass is 278 g/mol. The molecule has 0 saturated carbocycles. The smallest absolute Gasteiger partial charge is 0.322 e. The third kappa shape index (κ3) is 8.47. The van der Waals surface area contributed by atoms with Gasteiger partial charge in [0.2, 0.25) is 0 Å². The van der Waals surface area contributed by atoms with E-state index >= 15 is 0 Å². The van der Waals surface area contributed by atoms with E-state index in [0.29, 0.717) is 12.4 Å². The Hall–Kier alpha value is -0.620. The van der Waals surface area contributed by atoms with E-state index in [1.165, 1.54) is 0 Å². The van der Waals surface area contributed by atoms with E-state index < -0.39 is 21.7 Å². The Morgan fingerprint density at radius 3 is 2.44 bits per heavy atom. The van der Waals surface area contributed by atoms with Crippen molar-refractivity contribution < 1.29 is 13.7 Å². The first kappa shape index (κ1) is 17.4. The predicted molar refractivity (Wildman–Crippen MR) is 74.0 cm³/mol. The van der Waals surface area contributed by atoms with E-state index in [-0.39, 0.29) is 12.2 Å². The van der Waals surface area contributed by atoms with Crippen molar-refractivity contribution in [2.75, 3.05) is 18.1 Å². The van der Waals surface area contributed by atoms with Crippen molar-refractivity contribution in [1.82, 2.24) is 0 Å². The molecule has 0 aliphatic carbocycles. The van der Waals surface area contributed by atoms with E-state index in [1.807, 2.05) is 13.8 Å². The first-order valence-corrected chi connectivity index (χ1v) is 8.49. The van der Waals surface area contributed by atoms with Crippen LogP contribution in [0.5, 0.6) is 0 Å². The fourth-order valence-electron chi connectivity index (χ4n) is 1.34. The zero-order valence-electron chi connectivity index (χ0n) is 11.4. The maximum Gasteiger partial charge on any atom is 0.322 e. The number of nitrogens with one attached hydrogen (secondary N) is 1. The lowest BCUT2D eigenvalue weighted by Crippen LogP contribution is -2.34. The number of rotatable bonds is 10. The van der Waals surface area contributed by atoms with Gasteiger partial charge in [0.1, 0.15) is 6.04 Å². The van der Waals surface area contributed by atoms with E-state index in [9.17, 15) is 9.00 Å². The van der Waals surface area contributed by atoms with Crippen LogP contribution in [-0.4, -0.2) is 34.3 Å². The minimum atomic E-state index is -2.59. The first-order chi connectivity index (χ1) is 8.43. The number of hydrogen-bond acceptors (Lipinski definition) is 5. The summed E-state index contributed by atoms with van der Waals surface area (Å²) >= 11 is 0. The van der Waals surface area contributed by atoms with Crippen molar-refractivity contribution in [2.45, 2.75) is 52.0 Å². The summed E-state index contributed by atoms with van der Waals surface area (Å²) in [6, 6.07) is -0.755. The normalized spacial score (nSPS) is 15.9. The molecule has 0 radical (unpaired) electrons. The molecule has 0 saturated heterocycles. The second-order valence-electron chi connectivity index (χ2n) is 4.49. The molecule has 2 atom stereocenters. The number of esters is 1. The van der Waals surface area contributed by atoms with Crippen LogP contribution in [0.15, 0.2) is 0 Å². The number of carbonyl (C=O) groups excluding carboxylic acids is 1. The van der Waals surface area contributed by atoms with Crippen molar-refractivity contribution >= 4 is 15.7 Å². The van der Waals surface area contributed by atoms with Gasteiger partial charge in [-0.25, -0.2) is 4.21 Å². The molecule has 0 bridgehead atoms.